The van der Waals surface area contributed by atoms with Gasteiger partial charge in [-0.2, -0.15) is 5.26 Å². The Morgan fingerprint density at radius 1 is 1.09 bits per heavy atom. The van der Waals surface area contributed by atoms with E-state index in [0.29, 0.717) is 5.56 Å². The van der Waals surface area contributed by atoms with Crippen molar-refractivity contribution < 1.29 is 0 Å². The Kier molecular flexibility index (Phi) is 5.50. The molecule has 33 heavy (non-hydrogen) atoms. The van der Waals surface area contributed by atoms with Crippen LogP contribution in [0.15, 0.2) is 60.9 Å². The van der Waals surface area contributed by atoms with Gasteiger partial charge in [0, 0.05) is 40.9 Å². The van der Waals surface area contributed by atoms with Gasteiger partial charge in [-0.05, 0) is 62.3 Å². The molecule has 0 aliphatic carbocycles. The molecule has 0 fully saturated rings. The highest BCUT2D eigenvalue weighted by atomic mass is 32.1. The van der Waals surface area contributed by atoms with E-state index in [0.717, 1.165) is 55.3 Å². The zero-order valence-electron chi connectivity index (χ0n) is 18.2. The Hall–Kier alpha value is -4.17. The lowest BCUT2D eigenvalue weighted by Crippen LogP contribution is -2.12. The van der Waals surface area contributed by atoms with Gasteiger partial charge in [-0.3, -0.25) is 0 Å². The smallest absolute Gasteiger partial charge is 0.126 e. The number of hydrogen-bond acceptors (Lipinski definition) is 6. The van der Waals surface area contributed by atoms with E-state index in [2.05, 4.69) is 43.1 Å². The van der Waals surface area contributed by atoms with Gasteiger partial charge in [0.25, 0.3) is 0 Å². The van der Waals surface area contributed by atoms with Crippen LogP contribution < -0.4 is 5.32 Å². The molecule has 7 heteroatoms. The molecule has 0 radical (unpaired) electrons. The number of rotatable bonds is 4. The van der Waals surface area contributed by atoms with Crippen LogP contribution in [0.5, 0.6) is 0 Å². The minimum atomic E-state index is 0.491. The number of thiophene rings is 1. The summed E-state index contributed by atoms with van der Waals surface area (Å²) in [7, 11) is 4.03. The van der Waals surface area contributed by atoms with Gasteiger partial charge < -0.3 is 15.2 Å². The number of nitriles is 1. The highest BCUT2D eigenvalue weighted by Gasteiger charge is 2.13. The first-order valence-corrected chi connectivity index (χ1v) is 11.2. The molecule has 0 aliphatic heterocycles. The molecule has 5 aromatic rings. The first-order chi connectivity index (χ1) is 16.1. The third-order valence-corrected chi connectivity index (χ3v) is 6.09. The van der Waals surface area contributed by atoms with Crippen LogP contribution in [-0.4, -0.2) is 33.9 Å². The normalized spacial score (nSPS) is 10.8. The van der Waals surface area contributed by atoms with Gasteiger partial charge in [-0.1, -0.05) is 12.1 Å². The molecule has 4 heterocycles. The van der Waals surface area contributed by atoms with Gasteiger partial charge in [0.2, 0.25) is 0 Å². The largest absolute Gasteiger partial charge is 0.361 e. The standard InChI is InChI=1S/C26H20N6S/c1-32(2)16-19-6-3-5-18(30-19)9-10-20-13-22-25(17(14-27)15-29-26(22)33-20)31-24-8-4-7-23-21(24)11-12-28-23/h3-8,11-13,15,28H,16H2,1-2H3,(H,29,31). The maximum Gasteiger partial charge on any atom is 0.126 e. The van der Waals surface area contributed by atoms with Gasteiger partial charge >= 0.3 is 0 Å². The molecule has 2 N–H and O–H groups in total. The number of aromatic amines is 1. The average Bonchev–Trinajstić information content (AvgIpc) is 3.45. The Morgan fingerprint density at radius 3 is 2.82 bits per heavy atom. The maximum absolute atomic E-state index is 9.70. The molecule has 0 aliphatic rings. The van der Waals surface area contributed by atoms with E-state index in [1.165, 1.54) is 11.3 Å². The molecule has 5 rings (SSSR count). The Labute approximate surface area is 195 Å². The first kappa shape index (κ1) is 20.7. The average molecular weight is 449 g/mol. The zero-order chi connectivity index (χ0) is 22.8. The molecular weight excluding hydrogens is 428 g/mol. The fourth-order valence-corrected chi connectivity index (χ4v) is 4.55. The summed E-state index contributed by atoms with van der Waals surface area (Å²) < 4.78 is 0. The summed E-state index contributed by atoms with van der Waals surface area (Å²) in [6, 6.07) is 18.2. The second-order valence-electron chi connectivity index (χ2n) is 7.86. The number of aromatic nitrogens is 3. The summed E-state index contributed by atoms with van der Waals surface area (Å²) >= 11 is 1.50. The molecule has 160 valence electrons. The van der Waals surface area contributed by atoms with Crippen LogP contribution >= 0.6 is 11.3 Å². The number of nitrogens with one attached hydrogen (secondary N) is 2. The Bertz CT molecular complexity index is 1580. The van der Waals surface area contributed by atoms with E-state index in [-0.39, 0.29) is 0 Å². The lowest BCUT2D eigenvalue weighted by atomic mass is 10.1. The van der Waals surface area contributed by atoms with Crippen molar-refractivity contribution >= 4 is 43.8 Å². The van der Waals surface area contributed by atoms with Crippen LogP contribution in [-0.2, 0) is 6.54 Å². The molecule has 0 atom stereocenters. The highest BCUT2D eigenvalue weighted by Crippen LogP contribution is 2.35. The lowest BCUT2D eigenvalue weighted by Gasteiger charge is -2.10. The minimum Gasteiger partial charge on any atom is -0.361 e. The van der Waals surface area contributed by atoms with Crippen molar-refractivity contribution in [1.82, 2.24) is 19.9 Å². The first-order valence-electron chi connectivity index (χ1n) is 10.4. The molecule has 6 nitrogen and oxygen atoms in total. The van der Waals surface area contributed by atoms with Crippen LogP contribution in [0.1, 0.15) is 21.8 Å². The molecule has 1 aromatic carbocycles. The third-order valence-electron chi connectivity index (χ3n) is 5.14. The molecular formula is C26H20N6S. The van der Waals surface area contributed by atoms with E-state index in [1.807, 2.05) is 68.8 Å². The van der Waals surface area contributed by atoms with E-state index >= 15 is 0 Å². The fourth-order valence-electron chi connectivity index (χ4n) is 3.69. The number of nitrogens with zero attached hydrogens (tertiary/aromatic N) is 4. The van der Waals surface area contributed by atoms with Gasteiger partial charge in [0.15, 0.2) is 0 Å². The minimum absolute atomic E-state index is 0.491. The number of benzene rings is 1. The van der Waals surface area contributed by atoms with E-state index in [4.69, 9.17) is 0 Å². The molecule has 0 saturated heterocycles. The molecule has 4 aromatic heterocycles. The number of H-pyrrole nitrogens is 1. The SMILES string of the molecule is CN(C)Cc1cccc(C#Cc2cc3c(Nc4cccc5[nH]ccc45)c(C#N)cnc3s2)n1. The van der Waals surface area contributed by atoms with Gasteiger partial charge in [0.1, 0.15) is 16.6 Å². The van der Waals surface area contributed by atoms with Crippen molar-refractivity contribution in [3.63, 3.8) is 0 Å². The van der Waals surface area contributed by atoms with Crippen LogP contribution in [0.3, 0.4) is 0 Å². The van der Waals surface area contributed by atoms with Crippen LogP contribution in [0.25, 0.3) is 21.1 Å². The van der Waals surface area contributed by atoms with Crippen molar-refractivity contribution in [1.29, 1.82) is 5.26 Å². The van der Waals surface area contributed by atoms with E-state index in [1.54, 1.807) is 6.20 Å². The fraction of sp³-hybridized carbons (Fsp3) is 0.115. The second kappa shape index (κ2) is 8.76. The maximum atomic E-state index is 9.70. The van der Waals surface area contributed by atoms with Gasteiger partial charge in [0.05, 0.1) is 21.8 Å². The van der Waals surface area contributed by atoms with E-state index in [9.17, 15) is 5.26 Å². The molecule has 0 amide bonds. The number of pyridine rings is 2. The number of fused-ring (bicyclic) bond motifs is 2. The second-order valence-corrected chi connectivity index (χ2v) is 8.89. The molecule has 0 spiro atoms. The van der Waals surface area contributed by atoms with Crippen LogP contribution in [0.4, 0.5) is 11.4 Å². The van der Waals surface area contributed by atoms with E-state index < -0.39 is 0 Å². The van der Waals surface area contributed by atoms with Crippen molar-refractivity contribution in [3.05, 3.63) is 82.8 Å². The summed E-state index contributed by atoms with van der Waals surface area (Å²) in [5, 5.41) is 15.1. The Balaban J connectivity index is 1.53. The topological polar surface area (TPSA) is 80.6 Å². The van der Waals surface area contributed by atoms with Gasteiger partial charge in [-0.25, -0.2) is 9.97 Å². The highest BCUT2D eigenvalue weighted by molar-refractivity contribution is 7.19. The van der Waals surface area contributed by atoms with Crippen molar-refractivity contribution in [2.75, 3.05) is 19.4 Å². The zero-order valence-corrected chi connectivity index (χ0v) is 19.0. The quantitative estimate of drug-likeness (QED) is 0.367. The Morgan fingerprint density at radius 2 is 1.97 bits per heavy atom. The summed E-state index contributed by atoms with van der Waals surface area (Å²) in [6.45, 7) is 0.766. The van der Waals surface area contributed by atoms with Crippen molar-refractivity contribution in [2.24, 2.45) is 0 Å². The summed E-state index contributed by atoms with van der Waals surface area (Å²) in [5.74, 6) is 6.39. The molecule has 0 saturated carbocycles. The summed E-state index contributed by atoms with van der Waals surface area (Å²) in [6.07, 6.45) is 3.52. The van der Waals surface area contributed by atoms with Gasteiger partial charge in [-0.15, -0.1) is 11.3 Å². The summed E-state index contributed by atoms with van der Waals surface area (Å²) in [4.78, 5) is 16.1. The number of anilines is 2. The monoisotopic (exact) mass is 448 g/mol. The molecule has 0 bridgehead atoms. The number of hydrogen-bond donors (Lipinski definition) is 2. The lowest BCUT2D eigenvalue weighted by molar-refractivity contribution is 0.397. The van der Waals surface area contributed by atoms with Crippen molar-refractivity contribution in [3.8, 4) is 17.9 Å². The molecule has 0 unspecified atom stereocenters. The summed E-state index contributed by atoms with van der Waals surface area (Å²) in [5.41, 5.74) is 4.91. The predicted molar refractivity (Wildman–Crippen MR) is 134 cm³/mol. The third kappa shape index (κ3) is 4.28. The van der Waals surface area contributed by atoms with Crippen LogP contribution in [0.2, 0.25) is 0 Å². The van der Waals surface area contributed by atoms with Crippen LogP contribution in [0, 0.1) is 23.2 Å². The predicted octanol–water partition coefficient (Wildman–Crippen LogP) is 5.25. The van der Waals surface area contributed by atoms with Crippen molar-refractivity contribution in [2.45, 2.75) is 6.54 Å².